The van der Waals surface area contributed by atoms with Crippen LogP contribution in [0.1, 0.15) is 4.88 Å². The molecule has 23 heavy (non-hydrogen) atoms. The van der Waals surface area contributed by atoms with Crippen molar-refractivity contribution in [3.05, 3.63) is 58.8 Å². The Morgan fingerprint density at radius 2 is 1.87 bits per heavy atom. The summed E-state index contributed by atoms with van der Waals surface area (Å²) in [6, 6.07) is 11.6. The molecule has 2 heterocycles. The molecule has 1 saturated heterocycles. The number of amides is 2. The van der Waals surface area contributed by atoms with Crippen LogP contribution in [0.4, 0.5) is 10.5 Å². The molecule has 0 aliphatic carbocycles. The molecule has 2 aromatic rings. The average Bonchev–Trinajstić information content (AvgIpc) is 3.09. The van der Waals surface area contributed by atoms with E-state index in [0.717, 1.165) is 32.8 Å². The van der Waals surface area contributed by atoms with Crippen LogP contribution in [0.15, 0.2) is 54.0 Å². The summed E-state index contributed by atoms with van der Waals surface area (Å²) in [5, 5.41) is -0.253. The summed E-state index contributed by atoms with van der Waals surface area (Å²) in [6.45, 7) is 3.80. The smallest absolute Gasteiger partial charge is 0.293 e. The van der Waals surface area contributed by atoms with E-state index in [9.17, 15) is 9.59 Å². The minimum Gasteiger partial charge on any atom is -0.399 e. The van der Waals surface area contributed by atoms with Gasteiger partial charge in [-0.05, 0) is 47.7 Å². The first kappa shape index (κ1) is 15.6. The Balaban J connectivity index is 1.84. The number of carbonyl (C=O) groups excluding carboxylic acids is 2. The summed E-state index contributed by atoms with van der Waals surface area (Å²) in [4.78, 5) is 27.6. The van der Waals surface area contributed by atoms with Gasteiger partial charge in [0.05, 0.1) is 4.91 Å². The van der Waals surface area contributed by atoms with E-state index in [1.807, 2.05) is 36.4 Å². The third-order valence-electron chi connectivity index (χ3n) is 3.28. The van der Waals surface area contributed by atoms with Gasteiger partial charge in [0, 0.05) is 22.0 Å². The molecule has 6 heteroatoms. The van der Waals surface area contributed by atoms with Gasteiger partial charge in [0.2, 0.25) is 0 Å². The topological polar surface area (TPSA) is 63.4 Å². The number of nitrogens with two attached hydrogens (primary N) is 1. The minimum absolute atomic E-state index is 0.239. The van der Waals surface area contributed by atoms with Crippen LogP contribution in [0.2, 0.25) is 0 Å². The third kappa shape index (κ3) is 3.23. The molecule has 1 fully saturated rings. The number of anilines is 1. The van der Waals surface area contributed by atoms with E-state index in [0.29, 0.717) is 4.91 Å². The van der Waals surface area contributed by atoms with Gasteiger partial charge in [0.1, 0.15) is 0 Å². The molecule has 1 aliphatic heterocycles. The van der Waals surface area contributed by atoms with Crippen molar-refractivity contribution in [1.82, 2.24) is 4.90 Å². The van der Waals surface area contributed by atoms with Crippen LogP contribution < -0.4 is 5.73 Å². The number of hydrogen-bond donors (Lipinski definition) is 1. The van der Waals surface area contributed by atoms with Crippen molar-refractivity contribution in [2.75, 3.05) is 12.3 Å². The van der Waals surface area contributed by atoms with Crippen molar-refractivity contribution < 1.29 is 9.59 Å². The van der Waals surface area contributed by atoms with Crippen LogP contribution >= 0.6 is 23.1 Å². The lowest BCUT2D eigenvalue weighted by atomic mass is 10.2. The van der Waals surface area contributed by atoms with Gasteiger partial charge in [-0.3, -0.25) is 14.5 Å². The summed E-state index contributed by atoms with van der Waals surface area (Å²) in [7, 11) is 0. The molecule has 0 radical (unpaired) electrons. The Morgan fingerprint density at radius 1 is 1.13 bits per heavy atom. The predicted octanol–water partition coefficient (Wildman–Crippen LogP) is 4.22. The van der Waals surface area contributed by atoms with Crippen molar-refractivity contribution in [1.29, 1.82) is 0 Å². The first-order valence-electron chi connectivity index (χ1n) is 6.90. The zero-order valence-electron chi connectivity index (χ0n) is 12.2. The molecule has 3 rings (SSSR count). The van der Waals surface area contributed by atoms with Gasteiger partial charge in [-0.1, -0.05) is 18.2 Å². The maximum atomic E-state index is 12.2. The number of benzene rings is 1. The van der Waals surface area contributed by atoms with Crippen molar-refractivity contribution >= 4 is 46.0 Å². The van der Waals surface area contributed by atoms with Gasteiger partial charge in [-0.15, -0.1) is 17.9 Å². The second kappa shape index (κ2) is 6.44. The van der Waals surface area contributed by atoms with Gasteiger partial charge < -0.3 is 5.73 Å². The molecule has 1 aromatic heterocycles. The molecule has 0 unspecified atom stereocenters. The van der Waals surface area contributed by atoms with Crippen molar-refractivity contribution in [3.63, 3.8) is 0 Å². The van der Waals surface area contributed by atoms with E-state index >= 15 is 0 Å². The van der Waals surface area contributed by atoms with E-state index in [2.05, 4.69) is 6.58 Å². The second-order valence-corrected chi connectivity index (χ2v) is 7.01. The zero-order chi connectivity index (χ0) is 16.4. The Hall–Kier alpha value is -2.31. The monoisotopic (exact) mass is 342 g/mol. The molecule has 1 aliphatic rings. The van der Waals surface area contributed by atoms with Crippen LogP contribution in [0.5, 0.6) is 0 Å². The lowest BCUT2D eigenvalue weighted by Crippen LogP contribution is -2.27. The molecule has 0 saturated carbocycles. The largest absolute Gasteiger partial charge is 0.399 e. The second-order valence-electron chi connectivity index (χ2n) is 4.91. The summed E-state index contributed by atoms with van der Waals surface area (Å²) in [5.41, 5.74) is 7.49. The number of nitrogens with zero attached hydrogens (tertiary/aromatic N) is 1. The Labute approximate surface area is 142 Å². The van der Waals surface area contributed by atoms with E-state index in [-0.39, 0.29) is 17.7 Å². The number of thiophene rings is 1. The van der Waals surface area contributed by atoms with Crippen LogP contribution in [0.3, 0.4) is 0 Å². The predicted molar refractivity (Wildman–Crippen MR) is 97.0 cm³/mol. The van der Waals surface area contributed by atoms with E-state index in [1.54, 1.807) is 23.5 Å². The highest BCUT2D eigenvalue weighted by Gasteiger charge is 2.34. The lowest BCUT2D eigenvalue weighted by Gasteiger charge is -2.07. The normalized spacial score (nSPS) is 16.3. The van der Waals surface area contributed by atoms with Gasteiger partial charge in [-0.25, -0.2) is 0 Å². The lowest BCUT2D eigenvalue weighted by molar-refractivity contribution is -0.122. The number of carbonyl (C=O) groups is 2. The molecular weight excluding hydrogens is 328 g/mol. The maximum absolute atomic E-state index is 12.2. The van der Waals surface area contributed by atoms with E-state index in [1.165, 1.54) is 4.90 Å². The highest BCUT2D eigenvalue weighted by molar-refractivity contribution is 8.18. The van der Waals surface area contributed by atoms with Gasteiger partial charge in [-0.2, -0.15) is 0 Å². The Morgan fingerprint density at radius 3 is 2.57 bits per heavy atom. The standard InChI is InChI=1S/C17H14N2O2S2/c1-2-9-19-16(20)15(23-17(19)21)10-13-7-8-14(22-13)11-3-5-12(18)6-4-11/h2-8,10H,1,9,18H2/b15-10-. The summed E-state index contributed by atoms with van der Waals surface area (Å²) >= 11 is 2.53. The first-order valence-corrected chi connectivity index (χ1v) is 8.54. The van der Waals surface area contributed by atoms with Crippen LogP contribution in [0, 0.1) is 0 Å². The van der Waals surface area contributed by atoms with Gasteiger partial charge in [0.15, 0.2) is 0 Å². The molecule has 0 spiro atoms. The fourth-order valence-corrected chi connectivity index (χ4v) is 4.02. The molecular formula is C17H14N2O2S2. The molecule has 0 atom stereocenters. The summed E-state index contributed by atoms with van der Waals surface area (Å²) < 4.78 is 0. The number of hydrogen-bond acceptors (Lipinski definition) is 5. The molecule has 4 nitrogen and oxygen atoms in total. The van der Waals surface area contributed by atoms with E-state index < -0.39 is 0 Å². The first-order chi connectivity index (χ1) is 11.1. The van der Waals surface area contributed by atoms with Crippen molar-refractivity contribution in [2.24, 2.45) is 0 Å². The third-order valence-corrected chi connectivity index (χ3v) is 5.27. The van der Waals surface area contributed by atoms with Gasteiger partial charge >= 0.3 is 0 Å². The Bertz CT molecular complexity index is 806. The molecule has 0 bridgehead atoms. The highest BCUT2D eigenvalue weighted by atomic mass is 32.2. The average molecular weight is 342 g/mol. The zero-order valence-corrected chi connectivity index (χ0v) is 13.8. The van der Waals surface area contributed by atoms with Crippen LogP contribution in [0.25, 0.3) is 16.5 Å². The summed E-state index contributed by atoms with van der Waals surface area (Å²) in [6.07, 6.45) is 3.31. The SMILES string of the molecule is C=CCN1C(=O)S/C(=C\c2ccc(-c3ccc(N)cc3)s2)C1=O. The van der Waals surface area contributed by atoms with Gasteiger partial charge in [0.25, 0.3) is 11.1 Å². The number of thioether (sulfide) groups is 1. The van der Waals surface area contributed by atoms with Crippen molar-refractivity contribution in [3.8, 4) is 10.4 Å². The fraction of sp³-hybridized carbons (Fsp3) is 0.0588. The molecule has 1 aromatic carbocycles. The molecule has 2 N–H and O–H groups in total. The van der Waals surface area contributed by atoms with Crippen LogP contribution in [-0.2, 0) is 4.79 Å². The molecule has 2 amide bonds. The summed E-state index contributed by atoms with van der Waals surface area (Å²) in [5.74, 6) is -0.262. The highest BCUT2D eigenvalue weighted by Crippen LogP contribution is 2.35. The van der Waals surface area contributed by atoms with E-state index in [4.69, 9.17) is 5.73 Å². The number of nitrogen functional groups attached to an aromatic ring is 1. The number of imide groups is 1. The molecule has 116 valence electrons. The van der Waals surface area contributed by atoms with Crippen molar-refractivity contribution in [2.45, 2.75) is 0 Å². The number of rotatable bonds is 4. The van der Waals surface area contributed by atoms with Crippen LogP contribution in [-0.4, -0.2) is 22.6 Å². The maximum Gasteiger partial charge on any atom is 0.293 e. The fourth-order valence-electron chi connectivity index (χ4n) is 2.15. The minimum atomic E-state index is -0.262. The quantitative estimate of drug-likeness (QED) is 0.513. The Kier molecular flexibility index (Phi) is 4.36.